The van der Waals surface area contributed by atoms with Crippen molar-refractivity contribution in [2.24, 2.45) is 15.2 Å². The number of nitrogens with zero attached hydrogens (tertiary/aromatic N) is 4. The molecule has 2 aliphatic heterocycles. The Kier molecular flexibility index (Phi) is 0.910. The molecular weight excluding hydrogens is 156 g/mol. The molecule has 0 aliphatic carbocycles. The Morgan fingerprint density at radius 3 is 3.42 bits per heavy atom. The van der Waals surface area contributed by atoms with Gasteiger partial charge in [-0.3, -0.25) is 0 Å². The van der Waals surface area contributed by atoms with Crippen molar-refractivity contribution < 1.29 is 4.74 Å². The van der Waals surface area contributed by atoms with Crippen LogP contribution in [0.1, 0.15) is 5.56 Å². The summed E-state index contributed by atoms with van der Waals surface area (Å²) in [4.78, 5) is 8.21. The number of aromatic nitrogens is 1. The van der Waals surface area contributed by atoms with Crippen LogP contribution in [-0.4, -0.2) is 17.9 Å². The number of fused-ring (bicyclic) bond motifs is 2. The fourth-order valence-electron chi connectivity index (χ4n) is 1.19. The van der Waals surface area contributed by atoms with E-state index in [4.69, 9.17) is 4.74 Å². The summed E-state index contributed by atoms with van der Waals surface area (Å²) < 4.78 is 5.13. The summed E-state index contributed by atoms with van der Waals surface area (Å²) in [6, 6.07) is 1.88. The highest BCUT2D eigenvalue weighted by Crippen LogP contribution is 2.02. The van der Waals surface area contributed by atoms with Crippen molar-refractivity contribution in [3.63, 3.8) is 0 Å². The van der Waals surface area contributed by atoms with Gasteiger partial charge in [0.05, 0.1) is 6.21 Å². The van der Waals surface area contributed by atoms with E-state index < -0.39 is 0 Å². The van der Waals surface area contributed by atoms with Crippen molar-refractivity contribution in [2.45, 2.75) is 0 Å². The van der Waals surface area contributed by atoms with Crippen molar-refractivity contribution in [1.29, 1.82) is 0 Å². The van der Waals surface area contributed by atoms with E-state index in [-0.39, 0.29) is 0 Å². The van der Waals surface area contributed by atoms with Gasteiger partial charge in [-0.2, -0.15) is 10.1 Å². The summed E-state index contributed by atoms with van der Waals surface area (Å²) in [5.41, 5.74) is 1.52. The van der Waals surface area contributed by atoms with Crippen molar-refractivity contribution in [3.8, 4) is 5.88 Å². The first kappa shape index (κ1) is 5.82. The molecular formula is C7H4N4O. The van der Waals surface area contributed by atoms with Gasteiger partial charge in [-0.15, -0.1) is 5.10 Å². The molecule has 0 aromatic carbocycles. The van der Waals surface area contributed by atoms with E-state index in [0.717, 1.165) is 10.9 Å². The summed E-state index contributed by atoms with van der Waals surface area (Å²) in [6.45, 7) is 0.363. The van der Waals surface area contributed by atoms with Crippen LogP contribution in [0.25, 0.3) is 0 Å². The topological polar surface area (TPSA) is 59.2 Å². The molecule has 0 saturated carbocycles. The Balaban J connectivity index is 2.45. The number of hydrogen-bond acceptors (Lipinski definition) is 5. The molecule has 3 rings (SSSR count). The van der Waals surface area contributed by atoms with E-state index in [1.807, 2.05) is 6.07 Å². The predicted molar refractivity (Wildman–Crippen MR) is 39.6 cm³/mol. The zero-order chi connectivity index (χ0) is 7.97. The van der Waals surface area contributed by atoms with Crippen molar-refractivity contribution in [3.05, 3.63) is 22.5 Å². The minimum absolute atomic E-state index is 0.363. The van der Waals surface area contributed by atoms with Crippen LogP contribution in [0, 0.1) is 0 Å². The van der Waals surface area contributed by atoms with Crippen molar-refractivity contribution in [1.82, 2.24) is 4.98 Å². The summed E-state index contributed by atoms with van der Waals surface area (Å²) in [5.74, 6) is 0.558. The molecule has 1 aromatic rings. The third-order valence-corrected chi connectivity index (χ3v) is 1.76. The van der Waals surface area contributed by atoms with Gasteiger partial charge in [0.1, 0.15) is 5.36 Å². The fourth-order valence-corrected chi connectivity index (χ4v) is 1.19. The highest BCUT2D eigenvalue weighted by Gasteiger charge is 2.10. The molecule has 58 valence electrons. The van der Waals surface area contributed by atoms with E-state index >= 15 is 0 Å². The maximum atomic E-state index is 5.13. The Morgan fingerprint density at radius 1 is 1.42 bits per heavy atom. The third kappa shape index (κ3) is 0.623. The van der Waals surface area contributed by atoms with Crippen LogP contribution in [0.4, 0.5) is 0 Å². The molecule has 0 saturated heterocycles. The van der Waals surface area contributed by atoms with Crippen LogP contribution in [0.15, 0.2) is 21.3 Å². The number of ether oxygens (including phenoxy) is 1. The molecule has 5 nitrogen and oxygen atoms in total. The average Bonchev–Trinajstić information content (AvgIpc) is 2.64. The summed E-state index contributed by atoms with van der Waals surface area (Å²) >= 11 is 0. The van der Waals surface area contributed by atoms with Crippen molar-refractivity contribution in [2.75, 3.05) is 6.73 Å². The Hall–Kier alpha value is -1.78. The van der Waals surface area contributed by atoms with Crippen molar-refractivity contribution >= 4 is 6.21 Å². The van der Waals surface area contributed by atoms with Gasteiger partial charge in [-0.05, 0) is 6.07 Å². The van der Waals surface area contributed by atoms with Crippen LogP contribution in [0.2, 0.25) is 0 Å². The third-order valence-electron chi connectivity index (χ3n) is 1.76. The molecule has 0 N–H and O–H groups in total. The molecule has 0 fully saturated rings. The maximum Gasteiger partial charge on any atom is 0.243 e. The molecule has 3 heterocycles. The van der Waals surface area contributed by atoms with Gasteiger partial charge in [0, 0.05) is 5.56 Å². The van der Waals surface area contributed by atoms with Gasteiger partial charge in [-0.25, -0.2) is 4.99 Å². The van der Waals surface area contributed by atoms with Gasteiger partial charge in [0.2, 0.25) is 5.88 Å². The highest BCUT2D eigenvalue weighted by molar-refractivity contribution is 5.80. The first-order chi connectivity index (χ1) is 5.93. The first-order valence-corrected chi connectivity index (χ1v) is 3.53. The largest absolute Gasteiger partial charge is 0.453 e. The maximum absolute atomic E-state index is 5.13. The number of hydrogen-bond donors (Lipinski definition) is 0. The predicted octanol–water partition coefficient (Wildman–Crippen LogP) is -0.982. The van der Waals surface area contributed by atoms with Crippen LogP contribution in [0.5, 0.6) is 5.88 Å². The molecule has 2 aliphatic rings. The van der Waals surface area contributed by atoms with Gasteiger partial charge in [0.15, 0.2) is 12.2 Å². The van der Waals surface area contributed by atoms with E-state index in [0.29, 0.717) is 18.1 Å². The van der Waals surface area contributed by atoms with Crippen LogP contribution < -0.4 is 15.6 Å². The fraction of sp³-hybridized carbons (Fsp3) is 0.143. The molecule has 0 bridgehead atoms. The standard InChI is InChI=1S/C7H4N4O/c1-4-2-9-11-6(4)10-7-5(1)8-3-12-7/h1-2H,3H2. The number of rotatable bonds is 0. The molecule has 0 atom stereocenters. The Bertz CT molecular complexity index is 491. The average molecular weight is 160 g/mol. The van der Waals surface area contributed by atoms with Gasteiger partial charge in [0.25, 0.3) is 0 Å². The molecule has 0 spiro atoms. The lowest BCUT2D eigenvalue weighted by atomic mass is 10.3. The molecule has 0 radical (unpaired) electrons. The molecule has 1 aromatic heterocycles. The van der Waals surface area contributed by atoms with Gasteiger partial charge in [-0.1, -0.05) is 0 Å². The smallest absolute Gasteiger partial charge is 0.243 e. The van der Waals surface area contributed by atoms with E-state index in [1.54, 1.807) is 6.21 Å². The van der Waals surface area contributed by atoms with E-state index in [1.165, 1.54) is 0 Å². The summed E-state index contributed by atoms with van der Waals surface area (Å²) in [6.07, 6.45) is 1.66. The Labute approximate surface area is 67.1 Å². The minimum atomic E-state index is 0.363. The normalized spacial score (nSPS) is 16.0. The summed E-state index contributed by atoms with van der Waals surface area (Å²) in [5, 5.41) is 8.33. The van der Waals surface area contributed by atoms with Gasteiger partial charge < -0.3 is 4.74 Å². The van der Waals surface area contributed by atoms with Crippen LogP contribution >= 0.6 is 0 Å². The molecule has 0 unspecified atom stereocenters. The lowest BCUT2D eigenvalue weighted by Crippen LogP contribution is -2.17. The lowest BCUT2D eigenvalue weighted by molar-refractivity contribution is 0.338. The zero-order valence-corrected chi connectivity index (χ0v) is 6.06. The Morgan fingerprint density at radius 2 is 2.42 bits per heavy atom. The monoisotopic (exact) mass is 160 g/mol. The van der Waals surface area contributed by atoms with Crippen LogP contribution in [-0.2, 0) is 0 Å². The van der Waals surface area contributed by atoms with E-state index in [9.17, 15) is 0 Å². The van der Waals surface area contributed by atoms with Crippen LogP contribution in [0.3, 0.4) is 0 Å². The number of pyridine rings is 1. The quantitative estimate of drug-likeness (QED) is 0.489. The molecule has 12 heavy (non-hydrogen) atoms. The second-order valence-corrected chi connectivity index (χ2v) is 2.50. The minimum Gasteiger partial charge on any atom is -0.453 e. The molecule has 0 amide bonds. The lowest BCUT2D eigenvalue weighted by Gasteiger charge is -1.92. The summed E-state index contributed by atoms with van der Waals surface area (Å²) in [7, 11) is 0. The first-order valence-electron chi connectivity index (χ1n) is 3.53. The second-order valence-electron chi connectivity index (χ2n) is 2.50. The second kappa shape index (κ2) is 1.88. The van der Waals surface area contributed by atoms with E-state index in [2.05, 4.69) is 20.2 Å². The SMILES string of the molecule is C1=NN=c2nc3c(cc21)=NCO3. The van der Waals surface area contributed by atoms with Gasteiger partial charge >= 0.3 is 0 Å². The molecule has 5 heteroatoms. The zero-order valence-electron chi connectivity index (χ0n) is 6.06. The highest BCUT2D eigenvalue weighted by atomic mass is 16.5.